The van der Waals surface area contributed by atoms with Gasteiger partial charge in [-0.25, -0.2) is 4.39 Å². The molecule has 0 heterocycles. The molecule has 0 saturated carbocycles. The van der Waals surface area contributed by atoms with Gasteiger partial charge < -0.3 is 10.6 Å². The highest BCUT2D eigenvalue weighted by Crippen LogP contribution is 2.17. The third kappa shape index (κ3) is 6.36. The van der Waals surface area contributed by atoms with E-state index in [-0.39, 0.29) is 23.7 Å². The van der Waals surface area contributed by atoms with Crippen molar-refractivity contribution in [1.82, 2.24) is 10.6 Å². The zero-order chi connectivity index (χ0) is 19.8. The summed E-state index contributed by atoms with van der Waals surface area (Å²) in [6.07, 6.45) is 2.46. The zero-order valence-corrected chi connectivity index (χ0v) is 17.6. The first-order chi connectivity index (χ1) is 12.9. The highest BCUT2D eigenvalue weighted by atomic mass is 79.9. The van der Waals surface area contributed by atoms with Gasteiger partial charge in [0.15, 0.2) is 0 Å². The van der Waals surface area contributed by atoms with Crippen molar-refractivity contribution in [3.8, 4) is 0 Å². The molecule has 7 heteroatoms. The Morgan fingerprint density at radius 1 is 1.11 bits per heavy atom. The highest BCUT2D eigenvalue weighted by molar-refractivity contribution is 9.10. The van der Waals surface area contributed by atoms with Crippen LogP contribution in [0.2, 0.25) is 0 Å². The first kappa shape index (κ1) is 21.4. The van der Waals surface area contributed by atoms with Crippen LogP contribution in [0.3, 0.4) is 0 Å². The van der Waals surface area contributed by atoms with E-state index in [1.54, 1.807) is 42.1 Å². The van der Waals surface area contributed by atoms with Crippen LogP contribution < -0.4 is 10.6 Å². The maximum Gasteiger partial charge on any atom is 0.253 e. The molecule has 2 amide bonds. The molecule has 4 nitrogen and oxygen atoms in total. The van der Waals surface area contributed by atoms with Crippen LogP contribution in [0.4, 0.5) is 4.39 Å². The van der Waals surface area contributed by atoms with Gasteiger partial charge in [-0.2, -0.15) is 11.8 Å². The van der Waals surface area contributed by atoms with Crippen LogP contribution in [0.1, 0.15) is 35.3 Å². The Morgan fingerprint density at radius 3 is 2.41 bits per heavy atom. The molecule has 0 aliphatic carbocycles. The molecule has 0 aliphatic heterocycles. The lowest BCUT2D eigenvalue weighted by molar-refractivity contribution is -0.123. The van der Waals surface area contributed by atoms with E-state index >= 15 is 0 Å². The summed E-state index contributed by atoms with van der Waals surface area (Å²) in [7, 11) is 0. The molecule has 2 atom stereocenters. The van der Waals surface area contributed by atoms with Gasteiger partial charge in [0, 0.05) is 4.47 Å². The lowest BCUT2D eigenvalue weighted by atomic mass is 10.1. The van der Waals surface area contributed by atoms with E-state index in [4.69, 9.17) is 0 Å². The summed E-state index contributed by atoms with van der Waals surface area (Å²) in [5.74, 6) is -0.158. The molecular formula is C20H22BrFN2O2S. The largest absolute Gasteiger partial charge is 0.348 e. The molecule has 0 fully saturated rings. The fourth-order valence-electron chi connectivity index (χ4n) is 2.53. The summed E-state index contributed by atoms with van der Waals surface area (Å²) in [4.78, 5) is 25.3. The van der Waals surface area contributed by atoms with Crippen molar-refractivity contribution in [2.24, 2.45) is 0 Å². The predicted octanol–water partition coefficient (Wildman–Crippen LogP) is 4.32. The molecule has 2 aromatic rings. The molecule has 0 aliphatic rings. The van der Waals surface area contributed by atoms with E-state index in [9.17, 15) is 14.0 Å². The molecule has 2 unspecified atom stereocenters. The monoisotopic (exact) mass is 452 g/mol. The van der Waals surface area contributed by atoms with Crippen LogP contribution in [0, 0.1) is 5.82 Å². The number of thioether (sulfide) groups is 1. The second-order valence-electron chi connectivity index (χ2n) is 6.07. The summed E-state index contributed by atoms with van der Waals surface area (Å²) >= 11 is 4.97. The van der Waals surface area contributed by atoms with Crippen LogP contribution >= 0.6 is 27.7 Å². The normalized spacial score (nSPS) is 12.9. The molecule has 0 aromatic heterocycles. The minimum absolute atomic E-state index is 0.263. The van der Waals surface area contributed by atoms with Gasteiger partial charge in [-0.3, -0.25) is 9.59 Å². The first-order valence-electron chi connectivity index (χ1n) is 8.52. The minimum Gasteiger partial charge on any atom is -0.348 e. The highest BCUT2D eigenvalue weighted by Gasteiger charge is 2.23. The SMILES string of the molecule is CSCCC(NC(=O)c1ccccc1Br)C(=O)NC(C)c1ccc(F)cc1. The number of carbonyl (C=O) groups is 2. The number of halogens is 2. The second kappa shape index (κ2) is 10.5. The Morgan fingerprint density at radius 2 is 1.78 bits per heavy atom. The van der Waals surface area contributed by atoms with E-state index in [1.807, 2.05) is 19.2 Å². The zero-order valence-electron chi connectivity index (χ0n) is 15.2. The number of amides is 2. The molecule has 27 heavy (non-hydrogen) atoms. The second-order valence-corrected chi connectivity index (χ2v) is 7.91. The summed E-state index contributed by atoms with van der Waals surface area (Å²) in [6, 6.07) is 12.1. The van der Waals surface area contributed by atoms with Crippen molar-refractivity contribution >= 4 is 39.5 Å². The molecule has 0 radical (unpaired) electrons. The average molecular weight is 453 g/mol. The van der Waals surface area contributed by atoms with E-state index in [2.05, 4.69) is 26.6 Å². The van der Waals surface area contributed by atoms with E-state index in [0.29, 0.717) is 16.5 Å². The van der Waals surface area contributed by atoms with Gasteiger partial charge in [-0.15, -0.1) is 0 Å². The van der Waals surface area contributed by atoms with Crippen molar-refractivity contribution in [2.75, 3.05) is 12.0 Å². The van der Waals surface area contributed by atoms with Crippen molar-refractivity contribution in [1.29, 1.82) is 0 Å². The molecular weight excluding hydrogens is 431 g/mol. The topological polar surface area (TPSA) is 58.2 Å². The van der Waals surface area contributed by atoms with Gasteiger partial charge in [0.25, 0.3) is 5.91 Å². The Labute approximate surface area is 171 Å². The Kier molecular flexibility index (Phi) is 8.31. The number of benzene rings is 2. The number of carbonyl (C=O) groups excluding carboxylic acids is 2. The molecule has 0 bridgehead atoms. The lowest BCUT2D eigenvalue weighted by Crippen LogP contribution is -2.47. The quantitative estimate of drug-likeness (QED) is 0.626. The van der Waals surface area contributed by atoms with Crippen molar-refractivity contribution < 1.29 is 14.0 Å². The average Bonchev–Trinajstić information content (AvgIpc) is 2.65. The van der Waals surface area contributed by atoms with Gasteiger partial charge in [0.05, 0.1) is 11.6 Å². The maximum atomic E-state index is 13.1. The molecule has 0 saturated heterocycles. The number of rotatable bonds is 8. The van der Waals surface area contributed by atoms with Gasteiger partial charge in [0.1, 0.15) is 11.9 Å². The number of nitrogens with one attached hydrogen (secondary N) is 2. The van der Waals surface area contributed by atoms with Crippen LogP contribution in [-0.4, -0.2) is 29.9 Å². The molecule has 2 N–H and O–H groups in total. The first-order valence-corrected chi connectivity index (χ1v) is 10.7. The van der Waals surface area contributed by atoms with E-state index < -0.39 is 6.04 Å². The summed E-state index contributed by atoms with van der Waals surface area (Å²) < 4.78 is 13.7. The van der Waals surface area contributed by atoms with Crippen molar-refractivity contribution in [3.63, 3.8) is 0 Å². The van der Waals surface area contributed by atoms with Crippen molar-refractivity contribution in [2.45, 2.75) is 25.4 Å². The molecule has 0 spiro atoms. The summed E-state index contributed by atoms with van der Waals surface area (Å²) in [6.45, 7) is 1.83. The summed E-state index contributed by atoms with van der Waals surface area (Å²) in [5, 5.41) is 5.72. The van der Waals surface area contributed by atoms with Gasteiger partial charge >= 0.3 is 0 Å². The van der Waals surface area contributed by atoms with Gasteiger partial charge in [-0.1, -0.05) is 24.3 Å². The molecule has 144 valence electrons. The number of hydrogen-bond acceptors (Lipinski definition) is 3. The van der Waals surface area contributed by atoms with E-state index in [1.165, 1.54) is 12.1 Å². The lowest BCUT2D eigenvalue weighted by Gasteiger charge is -2.22. The standard InChI is InChI=1S/C20H22BrFN2O2S/c1-13(14-7-9-15(22)10-8-14)23-20(26)18(11-12-27-2)24-19(25)16-5-3-4-6-17(16)21/h3-10,13,18H,11-12H2,1-2H3,(H,23,26)(H,24,25). The maximum absolute atomic E-state index is 13.1. The third-order valence-electron chi connectivity index (χ3n) is 4.08. The van der Waals surface area contributed by atoms with Crippen molar-refractivity contribution in [3.05, 3.63) is 69.9 Å². The molecule has 2 rings (SSSR count). The Bertz CT molecular complexity index is 786. The fraction of sp³-hybridized carbons (Fsp3) is 0.300. The third-order valence-corrected chi connectivity index (χ3v) is 5.42. The fourth-order valence-corrected chi connectivity index (χ4v) is 3.47. The van der Waals surface area contributed by atoms with E-state index in [0.717, 1.165) is 11.3 Å². The predicted molar refractivity (Wildman–Crippen MR) is 111 cm³/mol. The van der Waals surface area contributed by atoms with Crippen LogP contribution in [-0.2, 0) is 4.79 Å². The molecule has 2 aromatic carbocycles. The van der Waals surface area contributed by atoms with Gasteiger partial charge in [0.2, 0.25) is 5.91 Å². The van der Waals surface area contributed by atoms with Gasteiger partial charge in [-0.05, 0) is 71.1 Å². The minimum atomic E-state index is -0.653. The smallest absolute Gasteiger partial charge is 0.253 e. The number of hydrogen-bond donors (Lipinski definition) is 2. The van der Waals surface area contributed by atoms with Crippen LogP contribution in [0.25, 0.3) is 0 Å². The van der Waals surface area contributed by atoms with Crippen LogP contribution in [0.15, 0.2) is 53.0 Å². The Hall–Kier alpha value is -1.86. The Balaban J connectivity index is 2.07. The summed E-state index contributed by atoms with van der Waals surface area (Å²) in [5.41, 5.74) is 1.27. The van der Waals surface area contributed by atoms with Crippen LogP contribution in [0.5, 0.6) is 0 Å².